The molecule has 1 aliphatic rings. The summed E-state index contributed by atoms with van der Waals surface area (Å²) in [6, 6.07) is 13.0. The van der Waals surface area contributed by atoms with E-state index in [2.05, 4.69) is 5.32 Å². The number of halogens is 1. The number of anilines is 1. The molecule has 190 valence electrons. The van der Waals surface area contributed by atoms with Crippen molar-refractivity contribution in [3.05, 3.63) is 75.7 Å². The molecular formula is C27H30FN3O4S. The fraction of sp³-hybridized carbons (Fsp3) is 0.333. The number of hydrogen-bond donors (Lipinski definition) is 1. The second-order valence-corrected chi connectivity index (χ2v) is 9.68. The maximum Gasteiger partial charge on any atom is 0.322 e. The average molecular weight is 512 g/mol. The quantitative estimate of drug-likeness (QED) is 0.374. The Bertz CT molecular complexity index is 1220. The summed E-state index contributed by atoms with van der Waals surface area (Å²) in [7, 11) is 0. The molecule has 2 aromatic carbocycles. The van der Waals surface area contributed by atoms with Crippen molar-refractivity contribution < 1.29 is 23.5 Å². The molecule has 36 heavy (non-hydrogen) atoms. The van der Waals surface area contributed by atoms with Crippen LogP contribution in [0.2, 0.25) is 0 Å². The molecule has 0 saturated carbocycles. The van der Waals surface area contributed by atoms with Crippen LogP contribution in [0.5, 0.6) is 11.5 Å². The molecule has 0 atom stereocenters. The molecule has 1 aromatic heterocycles. The molecular weight excluding hydrogens is 481 g/mol. The minimum absolute atomic E-state index is 0.0872. The highest BCUT2D eigenvalue weighted by Crippen LogP contribution is 2.33. The Kier molecular flexibility index (Phi) is 8.43. The third-order valence-corrected chi connectivity index (χ3v) is 6.94. The molecule has 0 spiro atoms. The summed E-state index contributed by atoms with van der Waals surface area (Å²) in [5.41, 5.74) is 2.38. The van der Waals surface area contributed by atoms with Crippen molar-refractivity contribution in [2.75, 3.05) is 25.2 Å². The zero-order chi connectivity index (χ0) is 25.5. The van der Waals surface area contributed by atoms with Crippen LogP contribution in [-0.4, -0.2) is 41.6 Å². The molecule has 0 bridgehead atoms. The number of amides is 3. The van der Waals surface area contributed by atoms with Gasteiger partial charge in [0.15, 0.2) is 11.5 Å². The molecule has 0 aliphatic carbocycles. The Labute approximate surface area is 214 Å². The van der Waals surface area contributed by atoms with Crippen LogP contribution >= 0.6 is 11.3 Å². The number of nitrogens with zero attached hydrogens (tertiary/aromatic N) is 2. The smallest absolute Gasteiger partial charge is 0.322 e. The number of unbranched alkanes of at least 4 members (excludes halogenated alkanes) is 1. The number of nitrogens with one attached hydrogen (secondary N) is 1. The molecule has 4 rings (SSSR count). The summed E-state index contributed by atoms with van der Waals surface area (Å²) in [4.78, 5) is 31.0. The fourth-order valence-corrected chi connectivity index (χ4v) is 4.79. The van der Waals surface area contributed by atoms with Gasteiger partial charge in [-0.2, -0.15) is 0 Å². The lowest BCUT2D eigenvalue weighted by Crippen LogP contribution is -2.44. The van der Waals surface area contributed by atoms with E-state index < -0.39 is 11.8 Å². The van der Waals surface area contributed by atoms with E-state index in [1.165, 1.54) is 23.1 Å². The van der Waals surface area contributed by atoms with Gasteiger partial charge in [-0.1, -0.05) is 25.5 Å². The van der Waals surface area contributed by atoms with Crippen LogP contribution in [0.4, 0.5) is 14.9 Å². The van der Waals surface area contributed by atoms with Crippen molar-refractivity contribution in [2.24, 2.45) is 0 Å². The molecule has 0 fully saturated rings. The van der Waals surface area contributed by atoms with Gasteiger partial charge in [0.2, 0.25) is 12.7 Å². The van der Waals surface area contributed by atoms with Gasteiger partial charge in [-0.25, -0.2) is 9.18 Å². The van der Waals surface area contributed by atoms with Crippen LogP contribution in [0.1, 0.15) is 35.8 Å². The topological polar surface area (TPSA) is 71.1 Å². The zero-order valence-corrected chi connectivity index (χ0v) is 21.3. The average Bonchev–Trinajstić information content (AvgIpc) is 3.49. The lowest BCUT2D eigenvalue weighted by Gasteiger charge is -2.28. The van der Waals surface area contributed by atoms with Crippen molar-refractivity contribution in [3.63, 3.8) is 0 Å². The van der Waals surface area contributed by atoms with Gasteiger partial charge in [0, 0.05) is 23.7 Å². The lowest BCUT2D eigenvalue weighted by molar-refractivity contribution is -0.133. The summed E-state index contributed by atoms with van der Waals surface area (Å²) < 4.78 is 24.5. The summed E-state index contributed by atoms with van der Waals surface area (Å²) in [6.45, 7) is 5.35. The first-order valence-electron chi connectivity index (χ1n) is 11.9. The Hall–Kier alpha value is -3.59. The summed E-state index contributed by atoms with van der Waals surface area (Å²) in [5.74, 6) is 0.730. The monoisotopic (exact) mass is 511 g/mol. The zero-order valence-electron chi connectivity index (χ0n) is 20.5. The molecule has 3 amide bonds. The fourth-order valence-electron chi connectivity index (χ4n) is 3.86. The van der Waals surface area contributed by atoms with E-state index >= 15 is 0 Å². The van der Waals surface area contributed by atoms with Gasteiger partial charge in [-0.15, -0.1) is 11.3 Å². The van der Waals surface area contributed by atoms with Crippen LogP contribution in [0.15, 0.2) is 53.9 Å². The standard InChI is InChI=1S/C27H30FN3O4S/c1-3-4-11-30(27(33)29-22-7-5-6-21(28)14-22)17-26(32)31(16-25-19(2)10-12-36-25)15-20-8-9-23-24(13-20)35-18-34-23/h5-10,12-14H,3-4,11,15-18H2,1-2H3,(H,29,33). The van der Waals surface area contributed by atoms with Gasteiger partial charge < -0.3 is 24.6 Å². The predicted molar refractivity (Wildman–Crippen MR) is 138 cm³/mol. The third-order valence-electron chi connectivity index (χ3n) is 5.94. The van der Waals surface area contributed by atoms with E-state index in [4.69, 9.17) is 9.47 Å². The number of fused-ring (bicyclic) bond motifs is 1. The summed E-state index contributed by atoms with van der Waals surface area (Å²) >= 11 is 1.60. The number of benzene rings is 2. The Morgan fingerprint density at radius 1 is 1.06 bits per heavy atom. The first kappa shape index (κ1) is 25.5. The van der Waals surface area contributed by atoms with E-state index in [0.29, 0.717) is 36.8 Å². The van der Waals surface area contributed by atoms with Gasteiger partial charge >= 0.3 is 6.03 Å². The number of urea groups is 1. The van der Waals surface area contributed by atoms with Crippen LogP contribution in [0, 0.1) is 12.7 Å². The van der Waals surface area contributed by atoms with Gasteiger partial charge in [0.1, 0.15) is 12.4 Å². The normalized spacial score (nSPS) is 11.9. The first-order valence-corrected chi connectivity index (χ1v) is 12.8. The number of aryl methyl sites for hydroxylation is 1. The second kappa shape index (κ2) is 11.9. The minimum Gasteiger partial charge on any atom is -0.454 e. The molecule has 1 N–H and O–H groups in total. The number of carbonyl (C=O) groups is 2. The van der Waals surface area contributed by atoms with Crippen LogP contribution < -0.4 is 14.8 Å². The SMILES string of the molecule is CCCCN(CC(=O)N(Cc1ccc2c(c1)OCO2)Cc1sccc1C)C(=O)Nc1cccc(F)c1. The lowest BCUT2D eigenvalue weighted by atomic mass is 10.1. The van der Waals surface area contributed by atoms with Crippen molar-refractivity contribution in [1.29, 1.82) is 0 Å². The largest absolute Gasteiger partial charge is 0.454 e. The highest BCUT2D eigenvalue weighted by atomic mass is 32.1. The Morgan fingerprint density at radius 3 is 2.64 bits per heavy atom. The van der Waals surface area contributed by atoms with E-state index in [9.17, 15) is 14.0 Å². The number of rotatable bonds is 10. The van der Waals surface area contributed by atoms with Crippen molar-refractivity contribution in [3.8, 4) is 11.5 Å². The first-order chi connectivity index (χ1) is 17.4. The van der Waals surface area contributed by atoms with Gasteiger partial charge in [0.05, 0.1) is 6.54 Å². The number of carbonyl (C=O) groups excluding carboxylic acids is 2. The molecule has 0 unspecified atom stereocenters. The van der Waals surface area contributed by atoms with Gasteiger partial charge in [-0.3, -0.25) is 4.79 Å². The third kappa shape index (κ3) is 6.54. The number of hydrogen-bond acceptors (Lipinski definition) is 5. The van der Waals surface area contributed by atoms with Crippen molar-refractivity contribution in [2.45, 2.75) is 39.8 Å². The highest BCUT2D eigenvalue weighted by molar-refractivity contribution is 7.10. The van der Waals surface area contributed by atoms with Gasteiger partial charge in [-0.05, 0) is 66.2 Å². The minimum atomic E-state index is -0.440. The molecule has 9 heteroatoms. The maximum atomic E-state index is 13.6. The van der Waals surface area contributed by atoms with E-state index in [-0.39, 0.29) is 19.2 Å². The van der Waals surface area contributed by atoms with Crippen LogP contribution in [0.25, 0.3) is 0 Å². The summed E-state index contributed by atoms with van der Waals surface area (Å²) in [6.07, 6.45) is 1.61. The summed E-state index contributed by atoms with van der Waals surface area (Å²) in [5, 5.41) is 4.72. The molecule has 2 heterocycles. The van der Waals surface area contributed by atoms with E-state index in [1.807, 2.05) is 43.5 Å². The van der Waals surface area contributed by atoms with Crippen LogP contribution in [-0.2, 0) is 17.9 Å². The van der Waals surface area contributed by atoms with E-state index in [0.717, 1.165) is 28.8 Å². The predicted octanol–water partition coefficient (Wildman–Crippen LogP) is 5.79. The Morgan fingerprint density at radius 2 is 1.89 bits per heavy atom. The molecule has 1 aliphatic heterocycles. The molecule has 7 nitrogen and oxygen atoms in total. The molecule has 0 radical (unpaired) electrons. The van der Waals surface area contributed by atoms with Crippen LogP contribution in [0.3, 0.4) is 0 Å². The van der Waals surface area contributed by atoms with Gasteiger partial charge in [0.25, 0.3) is 0 Å². The number of thiophene rings is 1. The van der Waals surface area contributed by atoms with Crippen molar-refractivity contribution in [1.82, 2.24) is 9.80 Å². The molecule has 0 saturated heterocycles. The highest BCUT2D eigenvalue weighted by Gasteiger charge is 2.23. The maximum absolute atomic E-state index is 13.6. The second-order valence-electron chi connectivity index (χ2n) is 8.68. The Balaban J connectivity index is 1.51. The van der Waals surface area contributed by atoms with Crippen molar-refractivity contribution >= 4 is 29.0 Å². The van der Waals surface area contributed by atoms with E-state index in [1.54, 1.807) is 22.3 Å². The number of ether oxygens (including phenoxy) is 2. The molecule has 3 aromatic rings.